The number of benzene rings is 2. The molecule has 5 nitrogen and oxygen atoms in total. The summed E-state index contributed by atoms with van der Waals surface area (Å²) in [6.07, 6.45) is -7.31. The van der Waals surface area contributed by atoms with Crippen LogP contribution in [0.25, 0.3) is 22.3 Å². The Morgan fingerprint density at radius 3 is 2.32 bits per heavy atom. The first-order chi connectivity index (χ1) is 19.1. The number of carbonyl (C=O) groups is 1. The molecule has 0 N–H and O–H groups in total. The van der Waals surface area contributed by atoms with Crippen molar-refractivity contribution in [2.75, 3.05) is 13.2 Å². The third-order valence-corrected chi connectivity index (χ3v) is 6.35. The van der Waals surface area contributed by atoms with Gasteiger partial charge in [-0.2, -0.15) is 13.2 Å². The number of hydrogen-bond donors (Lipinski definition) is 0. The number of hydrogen-bond acceptors (Lipinski definition) is 5. The monoisotopic (exact) mass is 588 g/mol. The Labute approximate surface area is 234 Å². The number of esters is 1. The predicted octanol–water partition coefficient (Wildman–Crippen LogP) is 9.27. The van der Waals surface area contributed by atoms with Crippen LogP contribution in [0.1, 0.15) is 58.9 Å². The van der Waals surface area contributed by atoms with E-state index < -0.39 is 49.5 Å². The number of furan rings is 1. The van der Waals surface area contributed by atoms with Gasteiger partial charge >= 0.3 is 18.5 Å². The molecule has 1 heterocycles. The van der Waals surface area contributed by atoms with Crippen molar-refractivity contribution >= 4 is 16.9 Å². The van der Waals surface area contributed by atoms with Crippen LogP contribution in [0.15, 0.2) is 46.9 Å². The van der Waals surface area contributed by atoms with E-state index in [-0.39, 0.29) is 28.4 Å². The van der Waals surface area contributed by atoms with Crippen LogP contribution in [0.2, 0.25) is 0 Å². The van der Waals surface area contributed by atoms with Crippen LogP contribution < -0.4 is 9.47 Å². The number of aryl methyl sites for hydroxylation is 1. The van der Waals surface area contributed by atoms with Crippen molar-refractivity contribution in [1.82, 2.24) is 0 Å². The smallest absolute Gasteiger partial charge is 0.493 e. The molecule has 3 aromatic rings. The third-order valence-electron chi connectivity index (χ3n) is 6.35. The highest BCUT2D eigenvalue weighted by Crippen LogP contribution is 2.39. The van der Waals surface area contributed by atoms with Crippen molar-refractivity contribution < 1.29 is 49.8 Å². The fourth-order valence-electron chi connectivity index (χ4n) is 4.25. The summed E-state index contributed by atoms with van der Waals surface area (Å²) in [6, 6.07) is 10.7. The molecule has 11 heteroatoms. The van der Waals surface area contributed by atoms with Gasteiger partial charge in [-0.15, -0.1) is 13.2 Å². The second-order valence-electron chi connectivity index (χ2n) is 10.8. The van der Waals surface area contributed by atoms with E-state index in [4.69, 9.17) is 13.9 Å². The maximum atomic E-state index is 13.3. The highest BCUT2D eigenvalue weighted by atomic mass is 19.4. The fourth-order valence-corrected chi connectivity index (χ4v) is 4.25. The maximum Gasteiger partial charge on any atom is 0.573 e. The molecule has 1 unspecified atom stereocenters. The number of carbonyl (C=O) groups excluding carboxylic acids is 1. The summed E-state index contributed by atoms with van der Waals surface area (Å²) in [6.45, 7) is 5.59. The Morgan fingerprint density at radius 2 is 1.68 bits per heavy atom. The number of fused-ring (bicyclic) bond motifs is 1. The first-order valence-corrected chi connectivity index (χ1v) is 13.4. The molecule has 0 aliphatic rings. The number of alkyl halides is 6. The Balaban J connectivity index is 1.84. The standard InChI is InChI=1S/C30H34F6O5/c1-5-6-7-8-20-9-12-23(26(13-20)41-30(34,35)36)25-14-21-10-11-22(15-24(21)40-25)38-17-28(4,16-29(31,32)33)18-39-27(37)19(2)3/h9-15,19H,5-8,16-18H2,1-4H3. The van der Waals surface area contributed by atoms with Crippen molar-refractivity contribution in [3.8, 4) is 22.8 Å². The predicted molar refractivity (Wildman–Crippen MR) is 142 cm³/mol. The molecule has 0 bridgehead atoms. The van der Waals surface area contributed by atoms with E-state index in [2.05, 4.69) is 4.74 Å². The summed E-state index contributed by atoms with van der Waals surface area (Å²) < 4.78 is 100. The molecule has 0 radical (unpaired) electrons. The van der Waals surface area contributed by atoms with Crippen LogP contribution in [0.4, 0.5) is 26.3 Å². The number of halogens is 6. The first-order valence-electron chi connectivity index (χ1n) is 13.4. The van der Waals surface area contributed by atoms with Gasteiger partial charge in [0.25, 0.3) is 0 Å². The summed E-state index contributed by atoms with van der Waals surface area (Å²) in [4.78, 5) is 11.8. The van der Waals surface area contributed by atoms with E-state index in [0.29, 0.717) is 17.4 Å². The second kappa shape index (κ2) is 13.1. The Kier molecular flexibility index (Phi) is 10.3. The minimum atomic E-state index is -4.91. The summed E-state index contributed by atoms with van der Waals surface area (Å²) in [5, 5.41) is 0.543. The van der Waals surface area contributed by atoms with E-state index in [1.807, 2.05) is 6.92 Å². The molecule has 226 valence electrons. The molecule has 0 amide bonds. The van der Waals surface area contributed by atoms with Gasteiger partial charge in [0.05, 0.1) is 24.5 Å². The van der Waals surface area contributed by atoms with Gasteiger partial charge in [0.2, 0.25) is 0 Å². The lowest BCUT2D eigenvalue weighted by atomic mass is 9.88. The number of unbranched alkanes of at least 4 members (excludes halogenated alkanes) is 2. The molecule has 1 aromatic heterocycles. The lowest BCUT2D eigenvalue weighted by Crippen LogP contribution is -2.36. The van der Waals surface area contributed by atoms with Crippen molar-refractivity contribution in [2.24, 2.45) is 11.3 Å². The van der Waals surface area contributed by atoms with E-state index in [0.717, 1.165) is 19.3 Å². The Hall–Kier alpha value is -3.37. The highest BCUT2D eigenvalue weighted by Gasteiger charge is 2.41. The van der Waals surface area contributed by atoms with Gasteiger partial charge in [-0.3, -0.25) is 4.79 Å². The largest absolute Gasteiger partial charge is 0.573 e. The zero-order chi connectivity index (χ0) is 30.4. The SMILES string of the molecule is CCCCCc1ccc(-c2cc3ccc(OCC(C)(COC(=O)C(C)C)CC(F)(F)F)cc3o2)c(OC(F)(F)F)c1. The minimum Gasteiger partial charge on any atom is -0.493 e. The van der Waals surface area contributed by atoms with Gasteiger partial charge in [-0.25, -0.2) is 0 Å². The molecular weight excluding hydrogens is 554 g/mol. The molecule has 41 heavy (non-hydrogen) atoms. The molecular formula is C30H34F6O5. The zero-order valence-corrected chi connectivity index (χ0v) is 23.4. The van der Waals surface area contributed by atoms with Gasteiger partial charge in [-0.1, -0.05) is 46.6 Å². The molecule has 1 atom stereocenters. The van der Waals surface area contributed by atoms with E-state index in [1.54, 1.807) is 32.0 Å². The van der Waals surface area contributed by atoms with Crippen molar-refractivity contribution in [3.05, 3.63) is 48.0 Å². The van der Waals surface area contributed by atoms with E-state index in [1.165, 1.54) is 31.2 Å². The lowest BCUT2D eigenvalue weighted by Gasteiger charge is -2.30. The first kappa shape index (κ1) is 32.1. The van der Waals surface area contributed by atoms with Crippen LogP contribution in [0, 0.1) is 11.3 Å². The lowest BCUT2D eigenvalue weighted by molar-refractivity contribution is -0.274. The van der Waals surface area contributed by atoms with Crippen LogP contribution in [-0.2, 0) is 16.0 Å². The quantitative estimate of drug-likeness (QED) is 0.113. The molecule has 3 rings (SSSR count). The van der Waals surface area contributed by atoms with Crippen LogP contribution in [0.5, 0.6) is 11.5 Å². The molecule has 0 saturated heterocycles. The molecule has 2 aromatic carbocycles. The molecule has 0 aliphatic carbocycles. The molecule has 0 aliphatic heterocycles. The van der Waals surface area contributed by atoms with Gasteiger partial charge in [0, 0.05) is 16.9 Å². The average Bonchev–Trinajstić information content (AvgIpc) is 3.27. The van der Waals surface area contributed by atoms with Crippen molar-refractivity contribution in [3.63, 3.8) is 0 Å². The topological polar surface area (TPSA) is 57.9 Å². The van der Waals surface area contributed by atoms with Crippen LogP contribution in [0.3, 0.4) is 0 Å². The minimum absolute atomic E-state index is 0.102. The summed E-state index contributed by atoms with van der Waals surface area (Å²) in [5.41, 5.74) is -0.500. The maximum absolute atomic E-state index is 13.3. The van der Waals surface area contributed by atoms with Crippen LogP contribution in [-0.4, -0.2) is 31.7 Å². The van der Waals surface area contributed by atoms with Gasteiger partial charge in [0.1, 0.15) is 29.4 Å². The summed E-state index contributed by atoms with van der Waals surface area (Å²) in [5.74, 6) is -1.20. The van der Waals surface area contributed by atoms with Gasteiger partial charge in [0.15, 0.2) is 0 Å². The second-order valence-corrected chi connectivity index (χ2v) is 10.8. The van der Waals surface area contributed by atoms with E-state index >= 15 is 0 Å². The molecule has 0 fully saturated rings. The Morgan fingerprint density at radius 1 is 0.951 bits per heavy atom. The summed E-state index contributed by atoms with van der Waals surface area (Å²) in [7, 11) is 0. The molecule has 0 spiro atoms. The summed E-state index contributed by atoms with van der Waals surface area (Å²) >= 11 is 0. The van der Waals surface area contributed by atoms with Gasteiger partial charge in [-0.05, 0) is 48.7 Å². The third kappa shape index (κ3) is 9.89. The highest BCUT2D eigenvalue weighted by molar-refractivity contribution is 5.85. The number of ether oxygens (including phenoxy) is 3. The number of rotatable bonds is 13. The zero-order valence-electron chi connectivity index (χ0n) is 23.4. The van der Waals surface area contributed by atoms with Crippen molar-refractivity contribution in [1.29, 1.82) is 0 Å². The van der Waals surface area contributed by atoms with Crippen LogP contribution >= 0.6 is 0 Å². The van der Waals surface area contributed by atoms with E-state index in [9.17, 15) is 31.1 Å². The normalized spacial score (nSPS) is 13.8. The van der Waals surface area contributed by atoms with Gasteiger partial charge < -0.3 is 18.6 Å². The fraction of sp³-hybridized carbons (Fsp3) is 0.500. The Bertz CT molecular complexity index is 1310. The van der Waals surface area contributed by atoms with Crippen molar-refractivity contribution in [2.45, 2.75) is 72.3 Å². The molecule has 0 saturated carbocycles. The average molecular weight is 589 g/mol.